The Balaban J connectivity index is 0.00000176. The van der Waals surface area contributed by atoms with E-state index in [0.29, 0.717) is 11.6 Å². The van der Waals surface area contributed by atoms with Gasteiger partial charge in [0.05, 0.1) is 11.9 Å². The lowest BCUT2D eigenvalue weighted by atomic mass is 10.1. The quantitative estimate of drug-likeness (QED) is 0.895. The molecule has 1 aliphatic carbocycles. The first kappa shape index (κ1) is 16.7. The minimum Gasteiger partial charge on any atom is -0.327 e. The van der Waals surface area contributed by atoms with E-state index in [-0.39, 0.29) is 18.4 Å². The van der Waals surface area contributed by atoms with Gasteiger partial charge in [-0.15, -0.1) is 12.4 Å². The summed E-state index contributed by atoms with van der Waals surface area (Å²) in [6, 6.07) is 11.4. The van der Waals surface area contributed by atoms with Gasteiger partial charge in [-0.1, -0.05) is 18.2 Å². The fourth-order valence-corrected chi connectivity index (χ4v) is 2.90. The SMILES string of the molecule is CS(=O)(=O)Nc1cccc(-c2ccc(C3CC3N)cn2)c1.Cl. The molecule has 2 unspecified atom stereocenters. The number of sulfonamides is 1. The number of hydrogen-bond donors (Lipinski definition) is 2. The predicted octanol–water partition coefficient (Wildman–Crippen LogP) is 2.36. The summed E-state index contributed by atoms with van der Waals surface area (Å²) in [7, 11) is -3.28. The van der Waals surface area contributed by atoms with Crippen LogP contribution in [0.4, 0.5) is 5.69 Å². The summed E-state index contributed by atoms with van der Waals surface area (Å²) in [5.74, 6) is 0.435. The fraction of sp³-hybridized carbons (Fsp3) is 0.267. The largest absolute Gasteiger partial charge is 0.327 e. The molecule has 0 saturated heterocycles. The zero-order chi connectivity index (χ0) is 15.0. The number of aromatic nitrogens is 1. The van der Waals surface area contributed by atoms with E-state index in [4.69, 9.17) is 5.73 Å². The molecule has 3 N–H and O–H groups in total. The normalized spacial score (nSPS) is 20.1. The van der Waals surface area contributed by atoms with Crippen LogP contribution in [0.1, 0.15) is 17.9 Å². The number of pyridine rings is 1. The maximum atomic E-state index is 11.3. The molecule has 1 fully saturated rings. The van der Waals surface area contributed by atoms with Crippen LogP contribution in [0.15, 0.2) is 42.6 Å². The predicted molar refractivity (Wildman–Crippen MR) is 90.7 cm³/mol. The Morgan fingerprint density at radius 1 is 1.27 bits per heavy atom. The van der Waals surface area contributed by atoms with Crippen molar-refractivity contribution in [2.24, 2.45) is 5.73 Å². The number of nitrogens with zero attached hydrogens (tertiary/aromatic N) is 1. The third-order valence-corrected chi connectivity index (χ3v) is 4.12. The van der Waals surface area contributed by atoms with Crippen LogP contribution in [0.3, 0.4) is 0 Å². The van der Waals surface area contributed by atoms with E-state index in [1.165, 1.54) is 0 Å². The molecule has 7 heteroatoms. The average molecular weight is 340 g/mol. The highest BCUT2D eigenvalue weighted by atomic mass is 35.5. The second-order valence-electron chi connectivity index (χ2n) is 5.44. The number of anilines is 1. The molecule has 1 heterocycles. The minimum absolute atomic E-state index is 0. The lowest BCUT2D eigenvalue weighted by molar-refractivity contribution is 0.607. The Morgan fingerprint density at radius 3 is 2.55 bits per heavy atom. The number of nitrogens with two attached hydrogens (primary N) is 1. The molecule has 22 heavy (non-hydrogen) atoms. The Kier molecular flexibility index (Phi) is 4.75. The van der Waals surface area contributed by atoms with Crippen LogP contribution in [0.5, 0.6) is 0 Å². The first-order valence-electron chi connectivity index (χ1n) is 6.72. The van der Waals surface area contributed by atoms with Gasteiger partial charge in [-0.25, -0.2) is 8.42 Å². The zero-order valence-electron chi connectivity index (χ0n) is 12.1. The van der Waals surface area contributed by atoms with E-state index < -0.39 is 10.0 Å². The van der Waals surface area contributed by atoms with Crippen molar-refractivity contribution in [2.75, 3.05) is 11.0 Å². The number of nitrogens with one attached hydrogen (secondary N) is 1. The van der Waals surface area contributed by atoms with Gasteiger partial charge in [0.2, 0.25) is 10.0 Å². The van der Waals surface area contributed by atoms with Crippen molar-refractivity contribution in [3.05, 3.63) is 48.2 Å². The van der Waals surface area contributed by atoms with E-state index in [9.17, 15) is 8.42 Å². The Labute approximate surface area is 136 Å². The lowest BCUT2D eigenvalue weighted by Crippen LogP contribution is -2.09. The van der Waals surface area contributed by atoms with Gasteiger partial charge in [0.15, 0.2) is 0 Å². The van der Waals surface area contributed by atoms with Gasteiger partial charge < -0.3 is 5.73 Å². The standard InChI is InChI=1S/C15H17N3O2S.ClH/c1-21(19,20)18-12-4-2-3-10(7-12)15-6-5-11(9-17-15)13-8-14(13)16;/h2-7,9,13-14,18H,8,16H2,1H3;1H. The summed E-state index contributed by atoms with van der Waals surface area (Å²) in [4.78, 5) is 4.45. The number of halogens is 1. The summed E-state index contributed by atoms with van der Waals surface area (Å²) in [6.07, 6.45) is 4.00. The van der Waals surface area contributed by atoms with E-state index in [1.807, 2.05) is 24.4 Å². The van der Waals surface area contributed by atoms with E-state index in [1.54, 1.807) is 18.2 Å². The summed E-state index contributed by atoms with van der Waals surface area (Å²) >= 11 is 0. The van der Waals surface area contributed by atoms with Crippen LogP contribution in [-0.2, 0) is 10.0 Å². The van der Waals surface area contributed by atoms with Crippen molar-refractivity contribution >= 4 is 28.1 Å². The summed E-state index contributed by atoms with van der Waals surface area (Å²) in [6.45, 7) is 0. The van der Waals surface area contributed by atoms with Crippen LogP contribution in [-0.4, -0.2) is 25.7 Å². The van der Waals surface area contributed by atoms with Gasteiger partial charge in [-0.05, 0) is 30.2 Å². The molecule has 0 amide bonds. The topological polar surface area (TPSA) is 85.1 Å². The van der Waals surface area contributed by atoms with E-state index in [2.05, 4.69) is 9.71 Å². The molecule has 0 radical (unpaired) electrons. The van der Waals surface area contributed by atoms with Crippen LogP contribution < -0.4 is 10.5 Å². The molecule has 2 aromatic rings. The zero-order valence-corrected chi connectivity index (χ0v) is 13.7. The number of benzene rings is 1. The second-order valence-corrected chi connectivity index (χ2v) is 7.19. The Bertz CT molecular complexity index is 763. The smallest absolute Gasteiger partial charge is 0.229 e. The third-order valence-electron chi connectivity index (χ3n) is 3.52. The van der Waals surface area contributed by atoms with Crippen LogP contribution in [0, 0.1) is 0 Å². The summed E-state index contributed by atoms with van der Waals surface area (Å²) in [5.41, 5.74) is 9.21. The molecule has 1 aliphatic rings. The molecule has 1 aromatic carbocycles. The van der Waals surface area contributed by atoms with Gasteiger partial charge >= 0.3 is 0 Å². The van der Waals surface area contributed by atoms with Gasteiger partial charge in [0, 0.05) is 29.4 Å². The molecule has 3 rings (SSSR count). The number of rotatable bonds is 4. The monoisotopic (exact) mass is 339 g/mol. The van der Waals surface area contributed by atoms with Gasteiger partial charge in [-0.2, -0.15) is 0 Å². The molecule has 5 nitrogen and oxygen atoms in total. The van der Waals surface area contributed by atoms with Crippen LogP contribution >= 0.6 is 12.4 Å². The second kappa shape index (κ2) is 6.24. The number of hydrogen-bond acceptors (Lipinski definition) is 4. The highest BCUT2D eigenvalue weighted by molar-refractivity contribution is 7.92. The highest BCUT2D eigenvalue weighted by Crippen LogP contribution is 2.38. The lowest BCUT2D eigenvalue weighted by Gasteiger charge is -2.07. The molecule has 0 bridgehead atoms. The van der Waals surface area contributed by atoms with Crippen molar-refractivity contribution in [2.45, 2.75) is 18.4 Å². The molecule has 1 aromatic heterocycles. The molecular weight excluding hydrogens is 322 g/mol. The first-order chi connectivity index (χ1) is 9.92. The molecular formula is C15H18ClN3O2S. The van der Waals surface area contributed by atoms with Crippen molar-refractivity contribution in [1.82, 2.24) is 4.98 Å². The van der Waals surface area contributed by atoms with Gasteiger partial charge in [-0.3, -0.25) is 9.71 Å². The van der Waals surface area contributed by atoms with Gasteiger partial charge in [0.1, 0.15) is 0 Å². The molecule has 0 aliphatic heterocycles. The molecule has 118 valence electrons. The van der Waals surface area contributed by atoms with Crippen molar-refractivity contribution in [3.8, 4) is 11.3 Å². The van der Waals surface area contributed by atoms with Crippen molar-refractivity contribution in [3.63, 3.8) is 0 Å². The first-order valence-corrected chi connectivity index (χ1v) is 8.61. The summed E-state index contributed by atoms with van der Waals surface area (Å²) in [5, 5.41) is 0. The Hall–Kier alpha value is -1.63. The third kappa shape index (κ3) is 3.97. The average Bonchev–Trinajstić information content (AvgIpc) is 3.14. The van der Waals surface area contributed by atoms with Crippen molar-refractivity contribution < 1.29 is 8.42 Å². The van der Waals surface area contributed by atoms with Gasteiger partial charge in [0.25, 0.3) is 0 Å². The van der Waals surface area contributed by atoms with E-state index in [0.717, 1.165) is 29.5 Å². The van der Waals surface area contributed by atoms with E-state index >= 15 is 0 Å². The van der Waals surface area contributed by atoms with Crippen LogP contribution in [0.2, 0.25) is 0 Å². The molecule has 0 spiro atoms. The van der Waals surface area contributed by atoms with Crippen LogP contribution in [0.25, 0.3) is 11.3 Å². The molecule has 2 atom stereocenters. The fourth-order valence-electron chi connectivity index (χ4n) is 2.35. The highest BCUT2D eigenvalue weighted by Gasteiger charge is 2.34. The Morgan fingerprint density at radius 2 is 2.00 bits per heavy atom. The molecule has 1 saturated carbocycles. The minimum atomic E-state index is -3.28. The maximum Gasteiger partial charge on any atom is 0.229 e. The maximum absolute atomic E-state index is 11.3. The van der Waals surface area contributed by atoms with Crippen molar-refractivity contribution in [1.29, 1.82) is 0 Å². The summed E-state index contributed by atoms with van der Waals surface area (Å²) < 4.78 is 25.0.